The average molecular weight is 553 g/mol. The molecule has 0 saturated carbocycles. The standard InChI is InChI=1S/C21H19BrClN5O4S/c1-3-10-27-20(13(2)32-16-7-4-14(22)5-8-16)25-26-21(27)33-12-19(29)24-15-6-9-17(23)18(11-15)28(30)31/h3-9,11,13H,1,10,12H2,2H3,(H,24,29). The van der Waals surface area contributed by atoms with Crippen molar-refractivity contribution < 1.29 is 14.5 Å². The molecule has 3 aromatic rings. The van der Waals surface area contributed by atoms with Gasteiger partial charge in [0.05, 0.1) is 10.7 Å². The van der Waals surface area contributed by atoms with Gasteiger partial charge in [-0.05, 0) is 43.3 Å². The highest BCUT2D eigenvalue weighted by molar-refractivity contribution is 9.10. The van der Waals surface area contributed by atoms with Gasteiger partial charge >= 0.3 is 0 Å². The Labute approximate surface area is 207 Å². The van der Waals surface area contributed by atoms with E-state index in [9.17, 15) is 14.9 Å². The van der Waals surface area contributed by atoms with E-state index in [1.807, 2.05) is 35.8 Å². The first-order chi connectivity index (χ1) is 15.8. The molecule has 1 atom stereocenters. The number of ether oxygens (including phenoxy) is 1. The lowest BCUT2D eigenvalue weighted by Crippen LogP contribution is -2.15. The van der Waals surface area contributed by atoms with E-state index < -0.39 is 11.0 Å². The number of carbonyl (C=O) groups excluding carboxylic acids is 1. The number of hydrogen-bond donors (Lipinski definition) is 1. The number of amides is 1. The van der Waals surface area contributed by atoms with E-state index in [2.05, 4.69) is 38.0 Å². The van der Waals surface area contributed by atoms with Crippen molar-refractivity contribution in [1.29, 1.82) is 0 Å². The number of halogens is 2. The lowest BCUT2D eigenvalue weighted by molar-refractivity contribution is -0.384. The van der Waals surface area contributed by atoms with Crippen LogP contribution in [0.3, 0.4) is 0 Å². The third kappa shape index (κ3) is 6.56. The van der Waals surface area contributed by atoms with Crippen molar-refractivity contribution >= 4 is 56.6 Å². The number of aromatic nitrogens is 3. The Morgan fingerprint density at radius 3 is 2.76 bits per heavy atom. The van der Waals surface area contributed by atoms with Crippen LogP contribution in [0.25, 0.3) is 0 Å². The summed E-state index contributed by atoms with van der Waals surface area (Å²) in [7, 11) is 0. The molecule has 0 aliphatic rings. The molecular weight excluding hydrogens is 534 g/mol. The normalized spacial score (nSPS) is 11.6. The third-order valence-electron chi connectivity index (χ3n) is 4.31. The van der Waals surface area contributed by atoms with E-state index in [1.165, 1.54) is 30.0 Å². The minimum absolute atomic E-state index is 0.00286. The molecule has 1 N–H and O–H groups in total. The smallest absolute Gasteiger partial charge is 0.289 e. The van der Waals surface area contributed by atoms with Crippen molar-refractivity contribution in [2.24, 2.45) is 0 Å². The number of nitro groups is 1. The summed E-state index contributed by atoms with van der Waals surface area (Å²) in [5.41, 5.74) is -0.00119. The molecule has 0 bridgehead atoms. The SMILES string of the molecule is C=CCn1c(SCC(=O)Nc2ccc(Cl)c([N+](=O)[O-])c2)nnc1C(C)Oc1ccc(Br)cc1. The van der Waals surface area contributed by atoms with Gasteiger partial charge in [-0.15, -0.1) is 16.8 Å². The Kier molecular flexibility index (Phi) is 8.48. The molecule has 0 aliphatic heterocycles. The Morgan fingerprint density at radius 2 is 2.09 bits per heavy atom. The quantitative estimate of drug-likeness (QED) is 0.149. The van der Waals surface area contributed by atoms with Crippen LogP contribution in [0.15, 0.2) is 64.7 Å². The minimum atomic E-state index is -0.608. The van der Waals surface area contributed by atoms with Crippen molar-refractivity contribution in [3.8, 4) is 5.75 Å². The zero-order chi connectivity index (χ0) is 24.0. The molecule has 172 valence electrons. The molecule has 0 fully saturated rings. The van der Waals surface area contributed by atoms with E-state index in [0.717, 1.165) is 4.47 Å². The second kappa shape index (κ2) is 11.3. The molecule has 3 rings (SSSR count). The van der Waals surface area contributed by atoms with Crippen LogP contribution in [0, 0.1) is 10.1 Å². The number of nitro benzene ring substituents is 1. The molecule has 0 aliphatic carbocycles. The molecule has 1 aromatic heterocycles. The number of carbonyl (C=O) groups is 1. The van der Waals surface area contributed by atoms with Gasteiger partial charge in [-0.25, -0.2) is 0 Å². The molecule has 12 heteroatoms. The first-order valence-corrected chi connectivity index (χ1v) is 11.8. The van der Waals surface area contributed by atoms with E-state index >= 15 is 0 Å². The average Bonchev–Trinajstić information content (AvgIpc) is 3.18. The minimum Gasteiger partial charge on any atom is -0.483 e. The highest BCUT2D eigenvalue weighted by atomic mass is 79.9. The lowest BCUT2D eigenvalue weighted by atomic mass is 10.3. The van der Waals surface area contributed by atoms with Crippen LogP contribution < -0.4 is 10.1 Å². The highest BCUT2D eigenvalue weighted by Gasteiger charge is 2.20. The number of benzene rings is 2. The molecule has 1 amide bonds. The first-order valence-electron chi connectivity index (χ1n) is 9.61. The topological polar surface area (TPSA) is 112 Å². The number of rotatable bonds is 10. The largest absolute Gasteiger partial charge is 0.483 e. The molecule has 0 spiro atoms. The Bertz CT molecular complexity index is 1170. The molecule has 2 aromatic carbocycles. The van der Waals surface area contributed by atoms with E-state index in [4.69, 9.17) is 16.3 Å². The highest BCUT2D eigenvalue weighted by Crippen LogP contribution is 2.28. The summed E-state index contributed by atoms with van der Waals surface area (Å²) < 4.78 is 8.74. The monoisotopic (exact) mass is 551 g/mol. The van der Waals surface area contributed by atoms with E-state index in [1.54, 1.807) is 6.08 Å². The molecule has 0 radical (unpaired) electrons. The molecule has 33 heavy (non-hydrogen) atoms. The van der Waals surface area contributed by atoms with Gasteiger partial charge in [0, 0.05) is 22.8 Å². The summed E-state index contributed by atoms with van der Waals surface area (Å²) in [6.45, 7) is 6.07. The van der Waals surface area contributed by atoms with Gasteiger partial charge in [0.1, 0.15) is 10.8 Å². The van der Waals surface area contributed by atoms with Crippen molar-refractivity contribution in [2.75, 3.05) is 11.1 Å². The number of nitrogens with zero attached hydrogens (tertiary/aromatic N) is 4. The first kappa shape index (κ1) is 24.7. The molecular formula is C21H19BrClN5O4S. The van der Waals surface area contributed by atoms with Gasteiger partial charge in [-0.3, -0.25) is 19.5 Å². The Morgan fingerprint density at radius 1 is 1.36 bits per heavy atom. The van der Waals surface area contributed by atoms with Gasteiger partial charge in [0.25, 0.3) is 5.69 Å². The number of anilines is 1. The van der Waals surface area contributed by atoms with Crippen molar-refractivity contribution in [3.05, 3.63) is 80.6 Å². The van der Waals surface area contributed by atoms with Gasteiger partial charge in [0.2, 0.25) is 5.91 Å². The summed E-state index contributed by atoms with van der Waals surface area (Å²) >= 11 is 10.4. The predicted octanol–water partition coefficient (Wildman–Crippen LogP) is 5.66. The van der Waals surface area contributed by atoms with Crippen LogP contribution in [0.5, 0.6) is 5.75 Å². The van der Waals surface area contributed by atoms with Gasteiger partial charge in [-0.1, -0.05) is 45.4 Å². The number of hydrogen-bond acceptors (Lipinski definition) is 7. The van der Waals surface area contributed by atoms with E-state index in [0.29, 0.717) is 23.3 Å². The summed E-state index contributed by atoms with van der Waals surface area (Å²) in [5, 5.41) is 22.6. The summed E-state index contributed by atoms with van der Waals surface area (Å²) in [5.74, 6) is 0.942. The summed E-state index contributed by atoms with van der Waals surface area (Å²) in [6.07, 6.45) is 1.31. The molecule has 1 heterocycles. The molecule has 9 nitrogen and oxygen atoms in total. The van der Waals surface area contributed by atoms with Crippen LogP contribution in [-0.4, -0.2) is 31.3 Å². The van der Waals surface area contributed by atoms with Gasteiger partial charge in [0.15, 0.2) is 17.1 Å². The summed E-state index contributed by atoms with van der Waals surface area (Å²) in [4.78, 5) is 22.8. The second-order valence-corrected chi connectivity index (χ2v) is 8.98. The maximum atomic E-state index is 12.4. The predicted molar refractivity (Wildman–Crippen MR) is 131 cm³/mol. The van der Waals surface area contributed by atoms with Crippen LogP contribution in [0.4, 0.5) is 11.4 Å². The maximum absolute atomic E-state index is 12.4. The van der Waals surface area contributed by atoms with Crippen LogP contribution >= 0.6 is 39.3 Å². The van der Waals surface area contributed by atoms with Crippen molar-refractivity contribution in [1.82, 2.24) is 14.8 Å². The molecule has 0 saturated heterocycles. The zero-order valence-electron chi connectivity index (χ0n) is 17.4. The van der Waals surface area contributed by atoms with Crippen LogP contribution in [0.1, 0.15) is 18.9 Å². The van der Waals surface area contributed by atoms with Crippen LogP contribution in [0.2, 0.25) is 5.02 Å². The number of nitrogens with one attached hydrogen (secondary N) is 1. The second-order valence-electron chi connectivity index (χ2n) is 6.71. The van der Waals surface area contributed by atoms with Gasteiger partial charge < -0.3 is 10.1 Å². The zero-order valence-corrected chi connectivity index (χ0v) is 20.6. The van der Waals surface area contributed by atoms with Crippen molar-refractivity contribution in [2.45, 2.75) is 24.7 Å². The van der Waals surface area contributed by atoms with E-state index in [-0.39, 0.29) is 28.1 Å². The fraction of sp³-hybridized carbons (Fsp3) is 0.190. The number of thioether (sulfide) groups is 1. The Hall–Kier alpha value is -2.89. The fourth-order valence-corrected chi connectivity index (χ4v) is 4.04. The Balaban J connectivity index is 1.67. The van der Waals surface area contributed by atoms with Crippen molar-refractivity contribution in [3.63, 3.8) is 0 Å². The van der Waals surface area contributed by atoms with Gasteiger partial charge in [-0.2, -0.15) is 0 Å². The fourth-order valence-electron chi connectivity index (χ4n) is 2.84. The maximum Gasteiger partial charge on any atom is 0.289 e. The number of allylic oxidation sites excluding steroid dienone is 1. The third-order valence-corrected chi connectivity index (χ3v) is 6.12. The van der Waals surface area contributed by atoms with Crippen LogP contribution in [-0.2, 0) is 11.3 Å². The summed E-state index contributed by atoms with van der Waals surface area (Å²) in [6, 6.07) is 11.5. The lowest BCUT2D eigenvalue weighted by Gasteiger charge is -2.15. The molecule has 1 unspecified atom stereocenters.